The van der Waals surface area contributed by atoms with Gasteiger partial charge in [0.15, 0.2) is 11.5 Å². The third kappa shape index (κ3) is 5.57. The van der Waals surface area contributed by atoms with E-state index in [1.165, 1.54) is 5.56 Å². The highest BCUT2D eigenvalue weighted by atomic mass is 16.7. The van der Waals surface area contributed by atoms with Crippen molar-refractivity contribution in [1.29, 1.82) is 0 Å². The average Bonchev–Trinajstić information content (AvgIpc) is 3.49. The van der Waals surface area contributed by atoms with Gasteiger partial charge in [0.05, 0.1) is 5.69 Å². The lowest BCUT2D eigenvalue weighted by atomic mass is 10.0. The Labute approximate surface area is 233 Å². The van der Waals surface area contributed by atoms with Crippen molar-refractivity contribution in [3.63, 3.8) is 0 Å². The van der Waals surface area contributed by atoms with E-state index in [1.807, 2.05) is 53.2 Å². The van der Waals surface area contributed by atoms with Crippen molar-refractivity contribution in [3.05, 3.63) is 90.1 Å². The Morgan fingerprint density at radius 3 is 2.48 bits per heavy atom. The monoisotopic (exact) mass is 536 g/mol. The number of nitrogens with zero attached hydrogens (tertiary/aromatic N) is 3. The number of hydrogen-bond donors (Lipinski definition) is 1. The molecule has 204 valence electrons. The highest BCUT2D eigenvalue weighted by Gasteiger charge is 2.30. The van der Waals surface area contributed by atoms with Gasteiger partial charge in [-0.25, -0.2) is 4.98 Å². The van der Waals surface area contributed by atoms with Crippen LogP contribution in [0.1, 0.15) is 48.5 Å². The Morgan fingerprint density at radius 1 is 1.00 bits per heavy atom. The number of imidazole rings is 1. The first kappa shape index (κ1) is 25.7. The summed E-state index contributed by atoms with van der Waals surface area (Å²) < 4.78 is 12.7. The molecule has 2 heterocycles. The Hall–Kier alpha value is -4.59. The predicted molar refractivity (Wildman–Crippen MR) is 153 cm³/mol. The molecule has 1 fully saturated rings. The molecule has 8 nitrogen and oxygen atoms in total. The summed E-state index contributed by atoms with van der Waals surface area (Å²) in [6.07, 6.45) is 4.04. The van der Waals surface area contributed by atoms with Crippen molar-refractivity contribution in [2.75, 3.05) is 25.2 Å². The maximum absolute atomic E-state index is 13.5. The quantitative estimate of drug-likeness (QED) is 0.289. The summed E-state index contributed by atoms with van der Waals surface area (Å²) in [5.74, 6) is 1.87. The molecule has 4 aromatic rings. The van der Waals surface area contributed by atoms with Crippen LogP contribution in [0.15, 0.2) is 79.0 Å². The number of anilines is 1. The number of ether oxygens (including phenoxy) is 2. The minimum atomic E-state index is -0.306. The number of benzene rings is 3. The Balaban J connectivity index is 1.25. The van der Waals surface area contributed by atoms with Gasteiger partial charge in [0.2, 0.25) is 18.6 Å². The summed E-state index contributed by atoms with van der Waals surface area (Å²) in [6, 6.07) is 23.2. The van der Waals surface area contributed by atoms with E-state index >= 15 is 0 Å². The van der Waals surface area contributed by atoms with Gasteiger partial charge in [0, 0.05) is 29.6 Å². The molecule has 0 bridgehead atoms. The summed E-state index contributed by atoms with van der Waals surface area (Å²) in [6.45, 7) is 4.90. The summed E-state index contributed by atoms with van der Waals surface area (Å²) in [7, 11) is 0. The lowest BCUT2D eigenvalue weighted by Gasteiger charge is -2.22. The molecule has 40 heavy (non-hydrogen) atoms. The van der Waals surface area contributed by atoms with Crippen LogP contribution in [0.4, 0.5) is 5.95 Å². The highest BCUT2D eigenvalue weighted by Crippen LogP contribution is 2.34. The first-order chi connectivity index (χ1) is 19.4. The van der Waals surface area contributed by atoms with Gasteiger partial charge in [-0.1, -0.05) is 56.3 Å². The minimum absolute atomic E-state index is 0.0798. The third-order valence-corrected chi connectivity index (χ3v) is 7.28. The van der Waals surface area contributed by atoms with E-state index in [4.69, 9.17) is 14.5 Å². The zero-order valence-electron chi connectivity index (χ0n) is 22.7. The summed E-state index contributed by atoms with van der Waals surface area (Å²) in [5, 5.41) is 2.98. The van der Waals surface area contributed by atoms with Crippen LogP contribution in [-0.4, -0.2) is 46.1 Å². The maximum atomic E-state index is 13.5. The summed E-state index contributed by atoms with van der Waals surface area (Å²) >= 11 is 0. The molecule has 0 spiro atoms. The van der Waals surface area contributed by atoms with Crippen LogP contribution in [0.5, 0.6) is 11.5 Å². The van der Waals surface area contributed by atoms with Crippen molar-refractivity contribution >= 4 is 17.8 Å². The Morgan fingerprint density at radius 2 is 1.75 bits per heavy atom. The molecule has 2 amide bonds. The number of nitrogens with one attached hydrogen (secondary N) is 1. The van der Waals surface area contributed by atoms with Crippen LogP contribution in [0, 0.1) is 5.92 Å². The molecule has 0 saturated heterocycles. The van der Waals surface area contributed by atoms with Crippen LogP contribution >= 0.6 is 0 Å². The Bertz CT molecular complexity index is 1520. The van der Waals surface area contributed by atoms with Gasteiger partial charge in [-0.05, 0) is 60.6 Å². The molecule has 0 atom stereocenters. The van der Waals surface area contributed by atoms with E-state index in [2.05, 4.69) is 31.3 Å². The lowest BCUT2D eigenvalue weighted by Crippen LogP contribution is -2.39. The second-order valence-electron chi connectivity index (χ2n) is 10.7. The van der Waals surface area contributed by atoms with Crippen LogP contribution in [0.25, 0.3) is 16.9 Å². The van der Waals surface area contributed by atoms with Crippen LogP contribution in [-0.2, 0) is 4.79 Å². The van der Waals surface area contributed by atoms with Gasteiger partial charge in [0.25, 0.3) is 5.91 Å². The molecule has 6 rings (SSSR count). The van der Waals surface area contributed by atoms with E-state index < -0.39 is 0 Å². The van der Waals surface area contributed by atoms with E-state index in [9.17, 15) is 9.59 Å². The SMILES string of the molecule is CC(C)c1ccc(-n2cc(-c3ccccc3)nc2NC(=O)CN(CC2CC2)C(=O)c2ccc3c(c2)OCO3)cc1. The number of amides is 2. The number of hydrogen-bond acceptors (Lipinski definition) is 5. The largest absolute Gasteiger partial charge is 0.454 e. The highest BCUT2D eigenvalue weighted by molar-refractivity contribution is 5.99. The molecule has 0 radical (unpaired) electrons. The van der Waals surface area contributed by atoms with E-state index in [0.29, 0.717) is 41.4 Å². The smallest absolute Gasteiger partial charge is 0.254 e. The van der Waals surface area contributed by atoms with Crippen molar-refractivity contribution in [3.8, 4) is 28.4 Å². The average molecular weight is 537 g/mol. The van der Waals surface area contributed by atoms with Crippen LogP contribution < -0.4 is 14.8 Å². The van der Waals surface area contributed by atoms with Gasteiger partial charge in [0.1, 0.15) is 6.54 Å². The van der Waals surface area contributed by atoms with Crippen molar-refractivity contribution in [1.82, 2.24) is 14.5 Å². The molecular weight excluding hydrogens is 504 g/mol. The number of rotatable bonds is 9. The molecule has 1 aromatic heterocycles. The first-order valence-corrected chi connectivity index (χ1v) is 13.7. The molecule has 0 unspecified atom stereocenters. The van der Waals surface area contributed by atoms with Crippen molar-refractivity contribution < 1.29 is 19.1 Å². The van der Waals surface area contributed by atoms with Crippen molar-refractivity contribution in [2.45, 2.75) is 32.6 Å². The first-order valence-electron chi connectivity index (χ1n) is 13.7. The maximum Gasteiger partial charge on any atom is 0.254 e. The predicted octanol–water partition coefficient (Wildman–Crippen LogP) is 5.88. The van der Waals surface area contributed by atoms with Gasteiger partial charge in [-0.2, -0.15) is 0 Å². The molecule has 1 saturated carbocycles. The standard InChI is InChI=1S/C32H32N4O4/c1-21(2)23-10-13-26(14-11-23)36-18-27(24-6-4-3-5-7-24)33-32(36)34-30(37)19-35(17-22-8-9-22)31(38)25-12-15-28-29(16-25)40-20-39-28/h3-7,10-16,18,21-22H,8-9,17,19-20H2,1-2H3,(H,33,34,37). The zero-order chi connectivity index (χ0) is 27.6. The third-order valence-electron chi connectivity index (χ3n) is 7.28. The van der Waals surface area contributed by atoms with Gasteiger partial charge < -0.3 is 14.4 Å². The molecule has 1 N–H and O–H groups in total. The van der Waals surface area contributed by atoms with Gasteiger partial charge in [-0.15, -0.1) is 0 Å². The van der Waals surface area contributed by atoms with Crippen LogP contribution in [0.2, 0.25) is 0 Å². The molecule has 8 heteroatoms. The molecule has 1 aliphatic heterocycles. The molecule has 2 aliphatic rings. The van der Waals surface area contributed by atoms with E-state index in [-0.39, 0.29) is 25.2 Å². The Kier molecular flexibility index (Phi) is 6.99. The number of fused-ring (bicyclic) bond motifs is 1. The fraction of sp³-hybridized carbons (Fsp3) is 0.281. The van der Waals surface area contributed by atoms with E-state index in [1.54, 1.807) is 23.1 Å². The second-order valence-corrected chi connectivity index (χ2v) is 10.7. The van der Waals surface area contributed by atoms with Gasteiger partial charge >= 0.3 is 0 Å². The van der Waals surface area contributed by atoms with E-state index in [0.717, 1.165) is 29.8 Å². The molecule has 3 aromatic carbocycles. The fourth-order valence-corrected chi connectivity index (χ4v) is 4.81. The lowest BCUT2D eigenvalue weighted by molar-refractivity contribution is -0.117. The second kappa shape index (κ2) is 10.9. The normalized spacial score (nSPS) is 13.9. The fourth-order valence-electron chi connectivity index (χ4n) is 4.81. The van der Waals surface area contributed by atoms with Crippen molar-refractivity contribution in [2.24, 2.45) is 5.92 Å². The topological polar surface area (TPSA) is 85.7 Å². The van der Waals surface area contributed by atoms with Gasteiger partial charge in [-0.3, -0.25) is 19.5 Å². The van der Waals surface area contributed by atoms with Crippen LogP contribution in [0.3, 0.4) is 0 Å². The number of carbonyl (C=O) groups is 2. The molecular formula is C32H32N4O4. The zero-order valence-corrected chi connectivity index (χ0v) is 22.7. The number of carbonyl (C=O) groups excluding carboxylic acids is 2. The summed E-state index contributed by atoms with van der Waals surface area (Å²) in [4.78, 5) is 33.3. The minimum Gasteiger partial charge on any atom is -0.454 e. The number of aromatic nitrogens is 2. The molecule has 1 aliphatic carbocycles. The summed E-state index contributed by atoms with van der Waals surface area (Å²) in [5.41, 5.74) is 4.28.